The molecule has 1 amide bonds. The lowest BCUT2D eigenvalue weighted by Gasteiger charge is -2.01. The third-order valence-corrected chi connectivity index (χ3v) is 4.13. The lowest BCUT2D eigenvalue weighted by molar-refractivity contribution is 0.1000. The number of hydrogen-bond acceptors (Lipinski definition) is 3. The molecular formula is C22H16N2O2. The summed E-state index contributed by atoms with van der Waals surface area (Å²) in [6.45, 7) is 0. The first-order valence-electron chi connectivity index (χ1n) is 8.24. The summed E-state index contributed by atoms with van der Waals surface area (Å²) in [4.78, 5) is 16.0. The van der Waals surface area contributed by atoms with Gasteiger partial charge in [-0.05, 0) is 41.5 Å². The highest BCUT2D eigenvalue weighted by Gasteiger charge is 2.07. The summed E-state index contributed by atoms with van der Waals surface area (Å²) in [5, 5.41) is 0. The minimum atomic E-state index is -0.434. The van der Waals surface area contributed by atoms with Gasteiger partial charge in [0.1, 0.15) is 5.52 Å². The number of nitrogens with zero attached hydrogens (tertiary/aromatic N) is 1. The molecule has 1 aromatic heterocycles. The zero-order valence-electron chi connectivity index (χ0n) is 13.9. The topological polar surface area (TPSA) is 69.1 Å². The van der Waals surface area contributed by atoms with Crippen LogP contribution in [0.3, 0.4) is 0 Å². The van der Waals surface area contributed by atoms with Crippen molar-refractivity contribution in [1.82, 2.24) is 4.98 Å². The Morgan fingerprint density at radius 3 is 2.38 bits per heavy atom. The summed E-state index contributed by atoms with van der Waals surface area (Å²) in [6, 6.07) is 22.8. The van der Waals surface area contributed by atoms with E-state index in [0.717, 1.165) is 27.8 Å². The Kier molecular flexibility index (Phi) is 4.07. The van der Waals surface area contributed by atoms with Crippen molar-refractivity contribution in [2.24, 2.45) is 5.73 Å². The minimum absolute atomic E-state index is 0.434. The van der Waals surface area contributed by atoms with E-state index in [1.807, 2.05) is 72.8 Å². The van der Waals surface area contributed by atoms with Crippen LogP contribution in [0.15, 0.2) is 77.2 Å². The summed E-state index contributed by atoms with van der Waals surface area (Å²) in [6.07, 6.45) is 3.83. The van der Waals surface area contributed by atoms with Gasteiger partial charge in [0.25, 0.3) is 0 Å². The molecule has 0 saturated heterocycles. The monoisotopic (exact) mass is 340 g/mol. The van der Waals surface area contributed by atoms with Gasteiger partial charge in [-0.15, -0.1) is 0 Å². The van der Waals surface area contributed by atoms with Crippen LogP contribution in [0.4, 0.5) is 0 Å². The van der Waals surface area contributed by atoms with Crippen molar-refractivity contribution >= 4 is 29.2 Å². The molecule has 4 aromatic rings. The Labute approximate surface area is 150 Å². The Morgan fingerprint density at radius 2 is 1.62 bits per heavy atom. The van der Waals surface area contributed by atoms with Crippen molar-refractivity contribution in [1.29, 1.82) is 0 Å². The van der Waals surface area contributed by atoms with Crippen molar-refractivity contribution < 1.29 is 9.21 Å². The Balaban J connectivity index is 1.59. The largest absolute Gasteiger partial charge is 0.436 e. The highest BCUT2D eigenvalue weighted by molar-refractivity contribution is 5.97. The molecule has 26 heavy (non-hydrogen) atoms. The maximum atomic E-state index is 11.5. The lowest BCUT2D eigenvalue weighted by atomic mass is 10.0. The van der Waals surface area contributed by atoms with E-state index >= 15 is 0 Å². The van der Waals surface area contributed by atoms with Gasteiger partial charge < -0.3 is 10.2 Å². The second-order valence-electron chi connectivity index (χ2n) is 5.89. The number of nitrogens with two attached hydrogens (primary N) is 1. The van der Waals surface area contributed by atoms with Gasteiger partial charge in [0.2, 0.25) is 11.8 Å². The molecule has 3 aromatic carbocycles. The van der Waals surface area contributed by atoms with Gasteiger partial charge in [-0.1, -0.05) is 54.6 Å². The fourth-order valence-electron chi connectivity index (χ4n) is 2.79. The van der Waals surface area contributed by atoms with E-state index in [0.29, 0.717) is 11.5 Å². The van der Waals surface area contributed by atoms with Crippen molar-refractivity contribution in [2.75, 3.05) is 0 Å². The summed E-state index contributed by atoms with van der Waals surface area (Å²) in [7, 11) is 0. The molecule has 0 unspecified atom stereocenters. The third-order valence-electron chi connectivity index (χ3n) is 4.13. The second kappa shape index (κ2) is 6.69. The van der Waals surface area contributed by atoms with Gasteiger partial charge in [0.05, 0.1) is 0 Å². The Bertz CT molecular complexity index is 1080. The number of carbonyl (C=O) groups is 1. The molecule has 0 fully saturated rings. The van der Waals surface area contributed by atoms with Crippen LogP contribution < -0.4 is 5.73 Å². The number of fused-ring (bicyclic) bond motifs is 1. The first-order valence-corrected chi connectivity index (χ1v) is 8.24. The zero-order chi connectivity index (χ0) is 17.9. The van der Waals surface area contributed by atoms with Crippen LogP contribution in [0.1, 0.15) is 21.5 Å². The summed E-state index contributed by atoms with van der Waals surface area (Å²) in [5.74, 6) is 0.164. The fourth-order valence-corrected chi connectivity index (χ4v) is 2.79. The van der Waals surface area contributed by atoms with E-state index in [1.165, 1.54) is 0 Å². The molecule has 4 heteroatoms. The normalized spacial score (nSPS) is 11.2. The standard InChI is InChI=1S/C22H16N2O2/c23-21(25)18-6-2-1-5-16(18)12-9-15-10-13-17(14-11-15)22-24-19-7-3-4-8-20(19)26-22/h1-14H,(H2,23,25)/b12-9+. The number of rotatable bonds is 4. The predicted molar refractivity (Wildman–Crippen MR) is 103 cm³/mol. The summed E-state index contributed by atoms with van der Waals surface area (Å²) >= 11 is 0. The minimum Gasteiger partial charge on any atom is -0.436 e. The molecule has 0 aliphatic heterocycles. The van der Waals surface area contributed by atoms with Crippen molar-refractivity contribution in [3.8, 4) is 11.5 Å². The highest BCUT2D eigenvalue weighted by Crippen LogP contribution is 2.24. The van der Waals surface area contributed by atoms with Crippen molar-refractivity contribution in [2.45, 2.75) is 0 Å². The number of hydrogen-bond donors (Lipinski definition) is 1. The number of amides is 1. The zero-order valence-corrected chi connectivity index (χ0v) is 13.9. The molecule has 0 aliphatic carbocycles. The van der Waals surface area contributed by atoms with Crippen molar-refractivity contribution in [3.63, 3.8) is 0 Å². The van der Waals surface area contributed by atoms with Crippen LogP contribution in [0, 0.1) is 0 Å². The van der Waals surface area contributed by atoms with E-state index in [9.17, 15) is 4.79 Å². The van der Waals surface area contributed by atoms with E-state index in [4.69, 9.17) is 10.2 Å². The average molecular weight is 340 g/mol. The Hall–Kier alpha value is -3.66. The SMILES string of the molecule is NC(=O)c1ccccc1/C=C/c1ccc(-c2nc3ccccc3o2)cc1. The maximum absolute atomic E-state index is 11.5. The molecule has 4 nitrogen and oxygen atoms in total. The van der Waals surface area contributed by atoms with Gasteiger partial charge in [-0.2, -0.15) is 0 Å². The van der Waals surface area contributed by atoms with Gasteiger partial charge in [0, 0.05) is 11.1 Å². The molecule has 4 rings (SSSR count). The molecule has 0 radical (unpaired) electrons. The average Bonchev–Trinajstić information content (AvgIpc) is 3.11. The van der Waals surface area contributed by atoms with Crippen LogP contribution in [-0.2, 0) is 0 Å². The number of carbonyl (C=O) groups excluding carboxylic acids is 1. The Morgan fingerprint density at radius 1 is 0.885 bits per heavy atom. The van der Waals surface area contributed by atoms with Crippen LogP contribution in [0.5, 0.6) is 0 Å². The van der Waals surface area contributed by atoms with Crippen LogP contribution in [0.2, 0.25) is 0 Å². The lowest BCUT2D eigenvalue weighted by Crippen LogP contribution is -2.12. The molecule has 126 valence electrons. The van der Waals surface area contributed by atoms with E-state index in [2.05, 4.69) is 4.98 Å². The van der Waals surface area contributed by atoms with E-state index in [-0.39, 0.29) is 0 Å². The molecule has 0 saturated carbocycles. The molecule has 0 bridgehead atoms. The van der Waals surface area contributed by atoms with Gasteiger partial charge in [-0.25, -0.2) is 4.98 Å². The number of primary amides is 1. The van der Waals surface area contributed by atoms with E-state index < -0.39 is 5.91 Å². The molecular weight excluding hydrogens is 324 g/mol. The highest BCUT2D eigenvalue weighted by atomic mass is 16.3. The molecule has 1 heterocycles. The van der Waals surface area contributed by atoms with E-state index in [1.54, 1.807) is 12.1 Å². The van der Waals surface area contributed by atoms with Gasteiger partial charge >= 0.3 is 0 Å². The molecule has 0 atom stereocenters. The third kappa shape index (κ3) is 3.13. The van der Waals surface area contributed by atoms with Gasteiger partial charge in [0.15, 0.2) is 5.58 Å². The van der Waals surface area contributed by atoms with Crippen molar-refractivity contribution in [3.05, 3.63) is 89.5 Å². The summed E-state index contributed by atoms with van der Waals surface area (Å²) in [5.41, 5.74) is 10.2. The number of benzene rings is 3. The maximum Gasteiger partial charge on any atom is 0.249 e. The fraction of sp³-hybridized carbons (Fsp3) is 0. The number of aromatic nitrogens is 1. The van der Waals surface area contributed by atoms with Gasteiger partial charge in [-0.3, -0.25) is 4.79 Å². The van der Waals surface area contributed by atoms with Crippen LogP contribution in [0.25, 0.3) is 34.7 Å². The molecule has 0 aliphatic rings. The number of oxazole rings is 1. The number of para-hydroxylation sites is 2. The predicted octanol–water partition coefficient (Wildman–Crippen LogP) is 4.76. The first kappa shape index (κ1) is 15.8. The molecule has 2 N–H and O–H groups in total. The van der Waals surface area contributed by atoms with Crippen LogP contribution >= 0.6 is 0 Å². The molecule has 0 spiro atoms. The smallest absolute Gasteiger partial charge is 0.249 e. The van der Waals surface area contributed by atoms with Crippen LogP contribution in [-0.4, -0.2) is 10.9 Å². The quantitative estimate of drug-likeness (QED) is 0.544. The second-order valence-corrected chi connectivity index (χ2v) is 5.89. The first-order chi connectivity index (χ1) is 12.7. The summed E-state index contributed by atoms with van der Waals surface area (Å²) < 4.78 is 5.78.